The molecule has 0 N–H and O–H groups in total. The van der Waals surface area contributed by atoms with E-state index >= 15 is 0 Å². The Labute approximate surface area is 147 Å². The highest BCUT2D eigenvalue weighted by molar-refractivity contribution is 6.00. The number of carbonyl (C=O) groups excluding carboxylic acids is 2. The summed E-state index contributed by atoms with van der Waals surface area (Å²) in [7, 11) is 0. The number of benzene rings is 1. The molecule has 2 aliphatic heterocycles. The first-order valence-corrected chi connectivity index (χ1v) is 8.74. The molecule has 2 amide bonds. The molecule has 3 heterocycles. The monoisotopic (exact) mass is 335 g/mol. The van der Waals surface area contributed by atoms with E-state index in [-0.39, 0.29) is 23.8 Å². The van der Waals surface area contributed by atoms with Crippen LogP contribution >= 0.6 is 0 Å². The van der Waals surface area contributed by atoms with Gasteiger partial charge < -0.3 is 9.80 Å². The molecular weight excluding hydrogens is 314 g/mol. The molecule has 25 heavy (non-hydrogen) atoms. The highest BCUT2D eigenvalue weighted by atomic mass is 16.2. The molecule has 1 aromatic carbocycles. The van der Waals surface area contributed by atoms with Crippen molar-refractivity contribution in [3.8, 4) is 0 Å². The smallest absolute Gasteiger partial charge is 0.232 e. The summed E-state index contributed by atoms with van der Waals surface area (Å²) in [4.78, 5) is 33.3. The van der Waals surface area contributed by atoms with E-state index in [4.69, 9.17) is 0 Å². The molecule has 5 heteroatoms. The maximum atomic E-state index is 13.0. The van der Waals surface area contributed by atoms with Crippen LogP contribution in [0.4, 0.5) is 5.69 Å². The number of carbonyl (C=O) groups is 2. The van der Waals surface area contributed by atoms with Crippen LogP contribution in [0.25, 0.3) is 0 Å². The molecule has 4 rings (SSSR count). The third-order valence-electron chi connectivity index (χ3n) is 5.31. The number of pyridine rings is 1. The van der Waals surface area contributed by atoms with Gasteiger partial charge in [0.15, 0.2) is 0 Å². The lowest BCUT2D eigenvalue weighted by Crippen LogP contribution is -2.36. The first-order valence-electron chi connectivity index (χ1n) is 8.74. The highest BCUT2D eigenvalue weighted by Crippen LogP contribution is 2.33. The second-order valence-electron chi connectivity index (χ2n) is 6.78. The molecule has 0 saturated carbocycles. The lowest BCUT2D eigenvalue weighted by molar-refractivity contribution is -0.130. The number of hydrogen-bond acceptors (Lipinski definition) is 3. The van der Waals surface area contributed by atoms with Crippen molar-refractivity contribution in [2.24, 2.45) is 5.92 Å². The van der Waals surface area contributed by atoms with Crippen LogP contribution in [0.1, 0.15) is 30.5 Å². The van der Waals surface area contributed by atoms with E-state index in [9.17, 15) is 9.59 Å². The van der Waals surface area contributed by atoms with Crippen LogP contribution in [0.3, 0.4) is 0 Å². The number of nitrogens with zero attached hydrogens (tertiary/aromatic N) is 3. The zero-order chi connectivity index (χ0) is 17.4. The molecule has 1 fully saturated rings. The van der Waals surface area contributed by atoms with Gasteiger partial charge in [-0.25, -0.2) is 0 Å². The van der Waals surface area contributed by atoms with E-state index in [2.05, 4.69) is 4.98 Å². The molecule has 2 atom stereocenters. The van der Waals surface area contributed by atoms with Gasteiger partial charge in [0, 0.05) is 25.7 Å². The Kier molecular flexibility index (Phi) is 3.99. The predicted octanol–water partition coefficient (Wildman–Crippen LogP) is 2.58. The van der Waals surface area contributed by atoms with Crippen molar-refractivity contribution in [3.63, 3.8) is 0 Å². The summed E-state index contributed by atoms with van der Waals surface area (Å²) < 4.78 is 0. The van der Waals surface area contributed by atoms with E-state index < -0.39 is 0 Å². The summed E-state index contributed by atoms with van der Waals surface area (Å²) in [6.07, 6.45) is 4.66. The summed E-state index contributed by atoms with van der Waals surface area (Å²) in [5, 5.41) is 0. The first kappa shape index (κ1) is 15.8. The average molecular weight is 335 g/mol. The van der Waals surface area contributed by atoms with Crippen LogP contribution in [0.2, 0.25) is 0 Å². The van der Waals surface area contributed by atoms with E-state index in [0.717, 1.165) is 23.2 Å². The first-order chi connectivity index (χ1) is 12.1. The summed E-state index contributed by atoms with van der Waals surface area (Å²) in [5.41, 5.74) is 3.15. The van der Waals surface area contributed by atoms with E-state index in [1.54, 1.807) is 17.3 Å². The van der Waals surface area contributed by atoms with E-state index in [0.29, 0.717) is 19.5 Å². The van der Waals surface area contributed by atoms with Crippen molar-refractivity contribution in [2.45, 2.75) is 25.8 Å². The van der Waals surface area contributed by atoms with E-state index in [1.807, 2.05) is 48.2 Å². The lowest BCUT2D eigenvalue weighted by Gasteiger charge is -2.26. The summed E-state index contributed by atoms with van der Waals surface area (Å²) in [6.45, 7) is 3.19. The van der Waals surface area contributed by atoms with Crippen molar-refractivity contribution >= 4 is 17.5 Å². The number of likely N-dealkylation sites (tertiary alicyclic amines) is 1. The third-order valence-corrected chi connectivity index (χ3v) is 5.31. The zero-order valence-corrected chi connectivity index (χ0v) is 14.3. The summed E-state index contributed by atoms with van der Waals surface area (Å²) in [6, 6.07) is 11.9. The van der Waals surface area contributed by atoms with Crippen LogP contribution in [-0.4, -0.2) is 34.8 Å². The lowest BCUT2D eigenvalue weighted by atomic mass is 10.1. The Bertz CT molecular complexity index is 806. The van der Waals surface area contributed by atoms with Gasteiger partial charge in [0.05, 0.1) is 23.8 Å². The Morgan fingerprint density at radius 2 is 2.04 bits per heavy atom. The highest BCUT2D eigenvalue weighted by Gasteiger charge is 2.40. The average Bonchev–Trinajstić information content (AvgIpc) is 3.25. The third kappa shape index (κ3) is 2.80. The summed E-state index contributed by atoms with van der Waals surface area (Å²) >= 11 is 0. The largest absolute Gasteiger partial charge is 0.335 e. The molecule has 0 bridgehead atoms. The van der Waals surface area contributed by atoms with Crippen molar-refractivity contribution < 1.29 is 9.59 Å². The maximum Gasteiger partial charge on any atom is 0.232 e. The van der Waals surface area contributed by atoms with Gasteiger partial charge in [-0.3, -0.25) is 14.6 Å². The predicted molar refractivity (Wildman–Crippen MR) is 95.0 cm³/mol. The fraction of sp³-hybridized carbons (Fsp3) is 0.350. The van der Waals surface area contributed by atoms with Gasteiger partial charge in [0.25, 0.3) is 0 Å². The molecule has 1 aromatic heterocycles. The second kappa shape index (κ2) is 6.31. The molecule has 128 valence electrons. The van der Waals surface area contributed by atoms with E-state index in [1.165, 1.54) is 0 Å². The quantitative estimate of drug-likeness (QED) is 0.866. The van der Waals surface area contributed by atoms with Crippen molar-refractivity contribution in [3.05, 3.63) is 59.9 Å². The zero-order valence-electron chi connectivity index (χ0n) is 14.3. The molecule has 0 radical (unpaired) electrons. The van der Waals surface area contributed by atoms with Crippen LogP contribution < -0.4 is 4.90 Å². The van der Waals surface area contributed by atoms with Gasteiger partial charge in [0.2, 0.25) is 11.8 Å². The normalized spacial score (nSPS) is 20.7. The maximum absolute atomic E-state index is 13.0. The SMILES string of the molecule is C[C@H](c1ccccc1)N1C[C@@H](C(=O)N2CCc3ccncc32)CC1=O. The number of anilines is 1. The fourth-order valence-electron chi connectivity index (χ4n) is 3.85. The number of rotatable bonds is 3. The van der Waals surface area contributed by atoms with Gasteiger partial charge in [-0.2, -0.15) is 0 Å². The second-order valence-corrected chi connectivity index (χ2v) is 6.78. The molecule has 1 saturated heterocycles. The Morgan fingerprint density at radius 1 is 1.24 bits per heavy atom. The van der Waals surface area contributed by atoms with Crippen LogP contribution in [0.5, 0.6) is 0 Å². The molecule has 0 unspecified atom stereocenters. The number of amides is 2. The topological polar surface area (TPSA) is 53.5 Å². The van der Waals surface area contributed by atoms with Gasteiger partial charge in [-0.1, -0.05) is 30.3 Å². The Hall–Kier alpha value is -2.69. The Morgan fingerprint density at radius 3 is 2.84 bits per heavy atom. The van der Waals surface area contributed by atoms with Crippen LogP contribution in [0.15, 0.2) is 48.8 Å². The van der Waals surface area contributed by atoms with Crippen molar-refractivity contribution in [1.29, 1.82) is 0 Å². The van der Waals surface area contributed by atoms with Gasteiger partial charge in [0.1, 0.15) is 0 Å². The molecule has 2 aromatic rings. The Balaban J connectivity index is 1.50. The number of fused-ring (bicyclic) bond motifs is 1. The minimum atomic E-state index is -0.273. The number of aromatic nitrogens is 1. The molecule has 5 nitrogen and oxygen atoms in total. The molecule has 0 aliphatic carbocycles. The minimum Gasteiger partial charge on any atom is -0.335 e. The van der Waals surface area contributed by atoms with Crippen LogP contribution in [-0.2, 0) is 16.0 Å². The fourth-order valence-corrected chi connectivity index (χ4v) is 3.85. The number of hydrogen-bond donors (Lipinski definition) is 0. The van der Waals surface area contributed by atoms with Crippen LogP contribution in [0, 0.1) is 5.92 Å². The molecule has 2 aliphatic rings. The van der Waals surface area contributed by atoms with Gasteiger partial charge >= 0.3 is 0 Å². The standard InChI is InChI=1S/C20H21N3O2/c1-14(15-5-3-2-4-6-15)23-13-17(11-19(23)24)20(25)22-10-8-16-7-9-21-12-18(16)22/h2-7,9,12,14,17H,8,10-11,13H2,1H3/t14-,17+/m1/s1. The molecular formula is C20H21N3O2. The van der Waals surface area contributed by atoms with Crippen molar-refractivity contribution in [2.75, 3.05) is 18.0 Å². The minimum absolute atomic E-state index is 0.0148. The summed E-state index contributed by atoms with van der Waals surface area (Å²) in [5.74, 6) is -0.173. The van der Waals surface area contributed by atoms with Crippen molar-refractivity contribution in [1.82, 2.24) is 9.88 Å². The molecule has 0 spiro atoms. The van der Waals surface area contributed by atoms with Gasteiger partial charge in [-0.05, 0) is 30.5 Å². The van der Waals surface area contributed by atoms with Gasteiger partial charge in [-0.15, -0.1) is 0 Å².